The first kappa shape index (κ1) is 20.5. The van der Waals surface area contributed by atoms with E-state index in [4.69, 9.17) is 18.6 Å². The van der Waals surface area contributed by atoms with Crippen LogP contribution >= 0.6 is 0 Å². The first-order valence-electron chi connectivity index (χ1n) is 9.64. The zero-order valence-electron chi connectivity index (χ0n) is 16.9. The fourth-order valence-corrected chi connectivity index (χ4v) is 2.76. The van der Waals surface area contributed by atoms with Crippen molar-refractivity contribution in [2.75, 3.05) is 13.2 Å². The minimum Gasteiger partial charge on any atom is -0.493 e. The molecule has 3 rings (SSSR count). The number of oxazole rings is 1. The van der Waals surface area contributed by atoms with Gasteiger partial charge < -0.3 is 18.6 Å². The van der Waals surface area contributed by atoms with Crippen LogP contribution in [0.2, 0.25) is 0 Å². The van der Waals surface area contributed by atoms with E-state index >= 15 is 0 Å². The molecule has 0 bridgehead atoms. The largest absolute Gasteiger partial charge is 0.493 e. The van der Waals surface area contributed by atoms with E-state index in [9.17, 15) is 4.79 Å². The summed E-state index contributed by atoms with van der Waals surface area (Å²) in [5.41, 5.74) is 1.84. The molecule has 6 heteroatoms. The number of carbonyl (C=O) groups excluding carboxylic acids is 1. The lowest BCUT2D eigenvalue weighted by molar-refractivity contribution is -0.150. The summed E-state index contributed by atoms with van der Waals surface area (Å²) in [6.45, 7) is 6.13. The van der Waals surface area contributed by atoms with E-state index in [2.05, 4.69) is 4.98 Å². The molecule has 0 aliphatic heterocycles. The molecule has 152 valence electrons. The maximum atomic E-state index is 11.6. The first-order chi connectivity index (χ1) is 14.1. The summed E-state index contributed by atoms with van der Waals surface area (Å²) in [7, 11) is 0. The lowest BCUT2D eigenvalue weighted by Gasteiger charge is -2.13. The molecule has 0 radical (unpaired) electrons. The van der Waals surface area contributed by atoms with Gasteiger partial charge in [0.05, 0.1) is 18.9 Å². The molecule has 1 aromatic heterocycles. The summed E-state index contributed by atoms with van der Waals surface area (Å²) in [5.74, 6) is 2.33. The van der Waals surface area contributed by atoms with Crippen LogP contribution in [0, 0.1) is 6.92 Å². The molecule has 1 heterocycles. The highest BCUT2D eigenvalue weighted by Crippen LogP contribution is 2.22. The highest BCUT2D eigenvalue weighted by atomic mass is 16.6. The Morgan fingerprint density at radius 1 is 1.07 bits per heavy atom. The van der Waals surface area contributed by atoms with Crippen LogP contribution in [-0.4, -0.2) is 30.3 Å². The predicted molar refractivity (Wildman–Crippen MR) is 109 cm³/mol. The highest BCUT2D eigenvalue weighted by Gasteiger charge is 2.15. The molecular formula is C23H25NO5. The van der Waals surface area contributed by atoms with E-state index < -0.39 is 6.10 Å². The highest BCUT2D eigenvalue weighted by molar-refractivity contribution is 5.74. The fourth-order valence-electron chi connectivity index (χ4n) is 2.76. The number of aromatic nitrogens is 1. The van der Waals surface area contributed by atoms with Crippen LogP contribution < -0.4 is 9.47 Å². The Hall–Kier alpha value is -3.28. The summed E-state index contributed by atoms with van der Waals surface area (Å²) in [5, 5.41) is 0. The van der Waals surface area contributed by atoms with Crippen LogP contribution in [0.3, 0.4) is 0 Å². The molecule has 0 saturated carbocycles. The Bertz CT molecular complexity index is 918. The summed E-state index contributed by atoms with van der Waals surface area (Å²) in [4.78, 5) is 16.2. The third kappa shape index (κ3) is 5.60. The van der Waals surface area contributed by atoms with Crippen LogP contribution in [-0.2, 0) is 16.0 Å². The number of hydrogen-bond donors (Lipinski definition) is 0. The van der Waals surface area contributed by atoms with Gasteiger partial charge in [0.25, 0.3) is 0 Å². The van der Waals surface area contributed by atoms with E-state index in [1.165, 1.54) is 0 Å². The van der Waals surface area contributed by atoms with Gasteiger partial charge in [0.15, 0.2) is 6.10 Å². The molecule has 0 fully saturated rings. The van der Waals surface area contributed by atoms with Crippen LogP contribution in [0.4, 0.5) is 0 Å². The molecule has 6 nitrogen and oxygen atoms in total. The summed E-state index contributed by atoms with van der Waals surface area (Å²) in [6.07, 6.45) is -0.0176. The smallest absolute Gasteiger partial charge is 0.347 e. The number of rotatable bonds is 9. The second-order valence-corrected chi connectivity index (χ2v) is 6.47. The SMILES string of the molecule is CCOC(=O)C(C)Oc1ccc(OCCc2nc(-c3ccccc3)oc2C)cc1. The molecule has 0 spiro atoms. The molecule has 0 amide bonds. The van der Waals surface area contributed by atoms with Gasteiger partial charge in [0, 0.05) is 12.0 Å². The van der Waals surface area contributed by atoms with Crippen molar-refractivity contribution in [2.24, 2.45) is 0 Å². The van der Waals surface area contributed by atoms with Gasteiger partial charge in [-0.1, -0.05) is 18.2 Å². The Morgan fingerprint density at radius 3 is 2.45 bits per heavy atom. The number of benzene rings is 2. The van der Waals surface area contributed by atoms with Gasteiger partial charge in [-0.15, -0.1) is 0 Å². The van der Waals surface area contributed by atoms with Crippen molar-refractivity contribution in [1.82, 2.24) is 4.98 Å². The van der Waals surface area contributed by atoms with Crippen LogP contribution in [0.1, 0.15) is 25.3 Å². The van der Waals surface area contributed by atoms with Crippen molar-refractivity contribution < 1.29 is 23.4 Å². The van der Waals surface area contributed by atoms with Crippen molar-refractivity contribution in [3.63, 3.8) is 0 Å². The molecule has 2 aromatic carbocycles. The van der Waals surface area contributed by atoms with E-state index in [0.29, 0.717) is 37.0 Å². The maximum Gasteiger partial charge on any atom is 0.347 e. The second kappa shape index (κ2) is 9.78. The first-order valence-corrected chi connectivity index (χ1v) is 9.64. The Kier molecular flexibility index (Phi) is 6.89. The molecule has 0 saturated heterocycles. The number of aryl methyl sites for hydroxylation is 1. The van der Waals surface area contributed by atoms with Crippen molar-refractivity contribution in [3.05, 3.63) is 66.1 Å². The van der Waals surface area contributed by atoms with Gasteiger partial charge in [-0.3, -0.25) is 0 Å². The van der Waals surface area contributed by atoms with Gasteiger partial charge in [-0.2, -0.15) is 0 Å². The fraction of sp³-hybridized carbons (Fsp3) is 0.304. The zero-order chi connectivity index (χ0) is 20.6. The molecular weight excluding hydrogens is 370 g/mol. The van der Waals surface area contributed by atoms with Gasteiger partial charge in [0.2, 0.25) is 5.89 Å². The number of nitrogens with zero attached hydrogens (tertiary/aromatic N) is 1. The van der Waals surface area contributed by atoms with Crippen molar-refractivity contribution >= 4 is 5.97 Å². The summed E-state index contributed by atoms with van der Waals surface area (Å²) >= 11 is 0. The van der Waals surface area contributed by atoms with Crippen molar-refractivity contribution in [3.8, 4) is 23.0 Å². The molecule has 29 heavy (non-hydrogen) atoms. The van der Waals surface area contributed by atoms with Crippen LogP contribution in [0.5, 0.6) is 11.5 Å². The van der Waals surface area contributed by atoms with E-state index in [1.54, 1.807) is 38.1 Å². The van der Waals surface area contributed by atoms with E-state index in [0.717, 1.165) is 17.0 Å². The van der Waals surface area contributed by atoms with Crippen molar-refractivity contribution in [1.29, 1.82) is 0 Å². The normalized spacial score (nSPS) is 11.7. The van der Waals surface area contributed by atoms with Gasteiger partial charge in [0.1, 0.15) is 17.3 Å². The minimum atomic E-state index is -0.657. The molecule has 0 aliphatic rings. The Morgan fingerprint density at radius 2 is 1.76 bits per heavy atom. The standard InChI is InChI=1S/C23H25NO5/c1-4-26-23(25)17(3)28-20-12-10-19(11-13-20)27-15-14-21-16(2)29-22(24-21)18-8-6-5-7-9-18/h5-13,17H,4,14-15H2,1-3H3. The van der Waals surface area contributed by atoms with Gasteiger partial charge in [-0.05, 0) is 57.2 Å². The molecule has 3 aromatic rings. The molecule has 1 unspecified atom stereocenters. The molecule has 1 atom stereocenters. The Balaban J connectivity index is 1.51. The average molecular weight is 395 g/mol. The van der Waals surface area contributed by atoms with Crippen LogP contribution in [0.25, 0.3) is 11.5 Å². The second-order valence-electron chi connectivity index (χ2n) is 6.47. The maximum absolute atomic E-state index is 11.6. The minimum absolute atomic E-state index is 0.331. The Labute approximate surface area is 170 Å². The van der Waals surface area contributed by atoms with Gasteiger partial charge in [-0.25, -0.2) is 9.78 Å². The lowest BCUT2D eigenvalue weighted by atomic mass is 10.2. The third-order valence-corrected chi connectivity index (χ3v) is 4.28. The van der Waals surface area contributed by atoms with E-state index in [1.807, 2.05) is 37.3 Å². The monoisotopic (exact) mass is 395 g/mol. The quantitative estimate of drug-likeness (QED) is 0.493. The van der Waals surface area contributed by atoms with Crippen LogP contribution in [0.15, 0.2) is 59.0 Å². The summed E-state index contributed by atoms with van der Waals surface area (Å²) in [6, 6.07) is 16.9. The van der Waals surface area contributed by atoms with E-state index in [-0.39, 0.29) is 5.97 Å². The molecule has 0 N–H and O–H groups in total. The number of esters is 1. The third-order valence-electron chi connectivity index (χ3n) is 4.28. The number of carbonyl (C=O) groups is 1. The topological polar surface area (TPSA) is 70.8 Å². The number of hydrogen-bond acceptors (Lipinski definition) is 6. The number of ether oxygens (including phenoxy) is 3. The predicted octanol–water partition coefficient (Wildman–Crippen LogP) is 4.60. The van der Waals surface area contributed by atoms with Gasteiger partial charge >= 0.3 is 5.97 Å². The summed E-state index contributed by atoms with van der Waals surface area (Å²) < 4.78 is 22.1. The average Bonchev–Trinajstić information content (AvgIpc) is 3.11. The lowest BCUT2D eigenvalue weighted by Crippen LogP contribution is -2.25. The van der Waals surface area contributed by atoms with Crippen molar-refractivity contribution in [2.45, 2.75) is 33.3 Å². The zero-order valence-corrected chi connectivity index (χ0v) is 16.9. The molecule has 0 aliphatic carbocycles.